The first-order valence-corrected chi connectivity index (χ1v) is 7.98. The van der Waals surface area contributed by atoms with Crippen LogP contribution in [-0.4, -0.2) is 56.0 Å². The number of hydrogen-bond acceptors (Lipinski definition) is 5. The summed E-state index contributed by atoms with van der Waals surface area (Å²) in [5, 5.41) is 13.2. The Morgan fingerprint density at radius 3 is 2.91 bits per heavy atom. The molecule has 1 aliphatic rings. The molecule has 0 amide bonds. The maximum Gasteiger partial charge on any atom is 0.124 e. The van der Waals surface area contributed by atoms with Gasteiger partial charge in [-0.1, -0.05) is 0 Å². The van der Waals surface area contributed by atoms with Gasteiger partial charge in [-0.25, -0.2) is 0 Å². The van der Waals surface area contributed by atoms with Crippen LogP contribution in [0.3, 0.4) is 0 Å². The topological polar surface area (TPSA) is 54.0 Å². The average Bonchev–Trinajstić information content (AvgIpc) is 2.77. The van der Waals surface area contributed by atoms with Gasteiger partial charge in [0.25, 0.3) is 0 Å². The van der Waals surface area contributed by atoms with E-state index in [-0.39, 0.29) is 12.2 Å². The minimum Gasteiger partial charge on any atom is -0.494 e. The van der Waals surface area contributed by atoms with E-state index in [1.807, 2.05) is 25.9 Å². The Bertz CT molecular complexity index is 491. The highest BCUT2D eigenvalue weighted by molar-refractivity contribution is 5.48. The standard InChI is InChI=1S/C17H28N2O3/c1-5-21-16-7-13-6-12(2)22-17(13)8-14(16)9-18-10-15(20)11-19(3)4/h7-8,12,15,18,20H,5-6,9-11H2,1-4H3. The molecule has 1 aromatic rings. The van der Waals surface area contributed by atoms with Crippen LogP contribution in [-0.2, 0) is 13.0 Å². The number of nitrogens with one attached hydrogen (secondary N) is 1. The van der Waals surface area contributed by atoms with Crippen LogP contribution < -0.4 is 14.8 Å². The summed E-state index contributed by atoms with van der Waals surface area (Å²) in [6.07, 6.45) is 0.788. The van der Waals surface area contributed by atoms with E-state index in [0.29, 0.717) is 26.2 Å². The first kappa shape index (κ1) is 17.1. The maximum absolute atomic E-state index is 9.90. The number of rotatable bonds is 8. The maximum atomic E-state index is 9.90. The van der Waals surface area contributed by atoms with Crippen molar-refractivity contribution in [1.82, 2.24) is 10.2 Å². The predicted molar refractivity (Wildman–Crippen MR) is 87.7 cm³/mol. The highest BCUT2D eigenvalue weighted by atomic mass is 16.5. The highest BCUT2D eigenvalue weighted by Crippen LogP contribution is 2.35. The summed E-state index contributed by atoms with van der Waals surface area (Å²) < 4.78 is 11.6. The van der Waals surface area contributed by atoms with Crippen molar-refractivity contribution in [1.29, 1.82) is 0 Å². The lowest BCUT2D eigenvalue weighted by Gasteiger charge is -2.17. The summed E-state index contributed by atoms with van der Waals surface area (Å²) in [5.74, 6) is 1.87. The molecule has 0 bridgehead atoms. The molecule has 0 fully saturated rings. The van der Waals surface area contributed by atoms with Crippen LogP contribution in [0.15, 0.2) is 12.1 Å². The van der Waals surface area contributed by atoms with Gasteiger partial charge in [-0.15, -0.1) is 0 Å². The molecule has 0 aromatic heterocycles. The molecule has 22 heavy (non-hydrogen) atoms. The molecule has 0 saturated heterocycles. The van der Waals surface area contributed by atoms with Crippen molar-refractivity contribution in [3.8, 4) is 11.5 Å². The highest BCUT2D eigenvalue weighted by Gasteiger charge is 2.21. The molecule has 2 rings (SSSR count). The first-order valence-electron chi connectivity index (χ1n) is 7.98. The number of benzene rings is 1. The number of ether oxygens (including phenoxy) is 2. The van der Waals surface area contributed by atoms with E-state index in [9.17, 15) is 5.11 Å². The summed E-state index contributed by atoms with van der Waals surface area (Å²) in [6.45, 7) is 6.57. The fourth-order valence-electron chi connectivity index (χ4n) is 2.77. The predicted octanol–water partition coefficient (Wildman–Crippen LogP) is 1.42. The van der Waals surface area contributed by atoms with Gasteiger partial charge >= 0.3 is 0 Å². The summed E-state index contributed by atoms with van der Waals surface area (Å²) in [6, 6.07) is 4.16. The van der Waals surface area contributed by atoms with Gasteiger partial charge in [-0.3, -0.25) is 0 Å². The number of nitrogens with zero attached hydrogens (tertiary/aromatic N) is 1. The molecular weight excluding hydrogens is 280 g/mol. The number of aliphatic hydroxyl groups is 1. The van der Waals surface area contributed by atoms with E-state index in [1.54, 1.807) is 0 Å². The first-order chi connectivity index (χ1) is 10.5. The quantitative estimate of drug-likeness (QED) is 0.761. The lowest BCUT2D eigenvalue weighted by molar-refractivity contribution is 0.134. The fraction of sp³-hybridized carbons (Fsp3) is 0.647. The Balaban J connectivity index is 1.99. The summed E-state index contributed by atoms with van der Waals surface area (Å²) in [5.41, 5.74) is 2.29. The molecule has 2 unspecified atom stereocenters. The SMILES string of the molecule is CCOc1cc2c(cc1CNCC(O)CN(C)C)OC(C)C2. The zero-order chi connectivity index (χ0) is 16.1. The number of aliphatic hydroxyl groups excluding tert-OH is 1. The number of hydrogen-bond donors (Lipinski definition) is 2. The smallest absolute Gasteiger partial charge is 0.124 e. The van der Waals surface area contributed by atoms with Crippen molar-refractivity contribution >= 4 is 0 Å². The molecule has 0 saturated carbocycles. The third kappa shape index (κ3) is 4.60. The second kappa shape index (κ2) is 7.81. The van der Waals surface area contributed by atoms with Crippen LogP contribution in [0.5, 0.6) is 11.5 Å². The molecule has 0 radical (unpaired) electrons. The van der Waals surface area contributed by atoms with Gasteiger partial charge in [-0.2, -0.15) is 0 Å². The molecule has 2 atom stereocenters. The zero-order valence-corrected chi connectivity index (χ0v) is 14.1. The Labute approximate surface area is 133 Å². The molecule has 2 N–H and O–H groups in total. The summed E-state index contributed by atoms with van der Waals surface area (Å²) in [4.78, 5) is 1.97. The van der Waals surface area contributed by atoms with Gasteiger partial charge in [0.2, 0.25) is 0 Å². The zero-order valence-electron chi connectivity index (χ0n) is 14.1. The third-order valence-electron chi connectivity index (χ3n) is 3.65. The van der Waals surface area contributed by atoms with Crippen molar-refractivity contribution in [2.24, 2.45) is 0 Å². The van der Waals surface area contributed by atoms with Gasteiger partial charge < -0.3 is 24.8 Å². The van der Waals surface area contributed by atoms with Gasteiger partial charge in [-0.05, 0) is 40.1 Å². The van der Waals surface area contributed by atoms with E-state index < -0.39 is 0 Å². The van der Waals surface area contributed by atoms with Crippen LogP contribution in [0.1, 0.15) is 25.0 Å². The number of fused-ring (bicyclic) bond motifs is 1. The Morgan fingerprint density at radius 2 is 2.23 bits per heavy atom. The lowest BCUT2D eigenvalue weighted by Crippen LogP contribution is -2.34. The van der Waals surface area contributed by atoms with Crippen LogP contribution in [0.4, 0.5) is 0 Å². The summed E-state index contributed by atoms with van der Waals surface area (Å²) in [7, 11) is 3.91. The van der Waals surface area contributed by atoms with Crippen LogP contribution in [0, 0.1) is 0 Å². The lowest BCUT2D eigenvalue weighted by atomic mass is 10.1. The Kier molecular flexibility index (Phi) is 6.06. The molecule has 0 aliphatic carbocycles. The largest absolute Gasteiger partial charge is 0.494 e. The van der Waals surface area contributed by atoms with E-state index in [1.165, 1.54) is 5.56 Å². The Hall–Kier alpha value is -1.30. The molecule has 1 aromatic carbocycles. The van der Waals surface area contributed by atoms with Crippen LogP contribution in [0.25, 0.3) is 0 Å². The fourth-order valence-corrected chi connectivity index (χ4v) is 2.77. The van der Waals surface area contributed by atoms with E-state index in [0.717, 1.165) is 23.5 Å². The van der Waals surface area contributed by atoms with Crippen molar-refractivity contribution in [2.45, 2.75) is 39.0 Å². The monoisotopic (exact) mass is 308 g/mol. The number of likely N-dealkylation sites (N-methyl/N-ethyl adjacent to an activating group) is 1. The molecule has 1 aliphatic heterocycles. The van der Waals surface area contributed by atoms with Crippen molar-refractivity contribution in [3.05, 3.63) is 23.3 Å². The molecule has 1 heterocycles. The minimum absolute atomic E-state index is 0.231. The second-order valence-electron chi connectivity index (χ2n) is 6.18. The second-order valence-corrected chi connectivity index (χ2v) is 6.18. The van der Waals surface area contributed by atoms with E-state index in [2.05, 4.69) is 24.4 Å². The van der Waals surface area contributed by atoms with Crippen LogP contribution in [0.2, 0.25) is 0 Å². The van der Waals surface area contributed by atoms with Gasteiger partial charge in [0.05, 0.1) is 12.7 Å². The van der Waals surface area contributed by atoms with Gasteiger partial charge in [0.1, 0.15) is 17.6 Å². The molecular formula is C17H28N2O3. The van der Waals surface area contributed by atoms with Crippen molar-refractivity contribution in [3.63, 3.8) is 0 Å². The average molecular weight is 308 g/mol. The normalized spacial score (nSPS) is 18.2. The molecule has 5 nitrogen and oxygen atoms in total. The van der Waals surface area contributed by atoms with Gasteiger partial charge in [0, 0.05) is 37.2 Å². The minimum atomic E-state index is -0.378. The van der Waals surface area contributed by atoms with E-state index in [4.69, 9.17) is 9.47 Å². The molecule has 5 heteroatoms. The van der Waals surface area contributed by atoms with E-state index >= 15 is 0 Å². The third-order valence-corrected chi connectivity index (χ3v) is 3.65. The molecule has 0 spiro atoms. The Morgan fingerprint density at radius 1 is 1.45 bits per heavy atom. The van der Waals surface area contributed by atoms with Crippen molar-refractivity contribution < 1.29 is 14.6 Å². The van der Waals surface area contributed by atoms with Crippen molar-refractivity contribution in [2.75, 3.05) is 33.8 Å². The summed E-state index contributed by atoms with van der Waals surface area (Å²) >= 11 is 0. The molecule has 124 valence electrons. The van der Waals surface area contributed by atoms with Gasteiger partial charge in [0.15, 0.2) is 0 Å². The van der Waals surface area contributed by atoms with Crippen LogP contribution >= 0.6 is 0 Å².